The van der Waals surface area contributed by atoms with Gasteiger partial charge in [-0.05, 0) is 36.8 Å². The minimum atomic E-state index is -0.137. The molecule has 1 aromatic carbocycles. The molecular formula is C14H21FN2. The average Bonchev–Trinajstić information content (AvgIpc) is 3.12. The van der Waals surface area contributed by atoms with Crippen molar-refractivity contribution in [3.8, 4) is 0 Å². The Morgan fingerprint density at radius 3 is 2.76 bits per heavy atom. The molecule has 1 fully saturated rings. The van der Waals surface area contributed by atoms with E-state index in [0.717, 1.165) is 36.7 Å². The summed E-state index contributed by atoms with van der Waals surface area (Å²) in [7, 11) is 0. The topological polar surface area (TPSA) is 29.3 Å². The number of hydrogen-bond acceptors (Lipinski definition) is 2. The normalized spacial score (nSPS) is 15.0. The zero-order valence-corrected chi connectivity index (χ0v) is 10.5. The van der Waals surface area contributed by atoms with Gasteiger partial charge in [0.1, 0.15) is 5.82 Å². The molecule has 3 heteroatoms. The fraction of sp³-hybridized carbons (Fsp3) is 0.571. The van der Waals surface area contributed by atoms with Gasteiger partial charge in [0.15, 0.2) is 0 Å². The van der Waals surface area contributed by atoms with Crippen molar-refractivity contribution in [3.63, 3.8) is 0 Å². The highest BCUT2D eigenvalue weighted by atomic mass is 19.1. The summed E-state index contributed by atoms with van der Waals surface area (Å²) in [6.45, 7) is 4.41. The molecular weight excluding hydrogens is 215 g/mol. The molecule has 0 aliphatic heterocycles. The van der Waals surface area contributed by atoms with E-state index in [1.807, 2.05) is 6.07 Å². The molecule has 1 aliphatic rings. The fourth-order valence-corrected chi connectivity index (χ4v) is 2.26. The molecule has 1 saturated carbocycles. The van der Waals surface area contributed by atoms with E-state index in [1.54, 1.807) is 6.07 Å². The van der Waals surface area contributed by atoms with Gasteiger partial charge in [-0.2, -0.15) is 0 Å². The molecule has 2 rings (SSSR count). The monoisotopic (exact) mass is 236 g/mol. The van der Waals surface area contributed by atoms with E-state index in [1.165, 1.54) is 18.9 Å². The molecule has 0 bridgehead atoms. The van der Waals surface area contributed by atoms with E-state index in [4.69, 9.17) is 5.73 Å². The van der Waals surface area contributed by atoms with Gasteiger partial charge in [0.25, 0.3) is 0 Å². The summed E-state index contributed by atoms with van der Waals surface area (Å²) in [5.74, 6) is 0.619. The third-order valence-electron chi connectivity index (χ3n) is 3.28. The summed E-state index contributed by atoms with van der Waals surface area (Å²) in [6.07, 6.45) is 3.60. The minimum absolute atomic E-state index is 0.137. The van der Waals surface area contributed by atoms with Crippen LogP contribution in [0.5, 0.6) is 0 Å². The van der Waals surface area contributed by atoms with Gasteiger partial charge in [-0.25, -0.2) is 4.39 Å². The molecule has 0 saturated heterocycles. The highest BCUT2D eigenvalue weighted by Crippen LogP contribution is 2.33. The lowest BCUT2D eigenvalue weighted by Crippen LogP contribution is -2.29. The van der Waals surface area contributed by atoms with Crippen molar-refractivity contribution < 1.29 is 4.39 Å². The minimum Gasteiger partial charge on any atom is -0.369 e. The van der Waals surface area contributed by atoms with Gasteiger partial charge in [0.2, 0.25) is 0 Å². The molecule has 2 nitrogen and oxygen atoms in total. The number of halogens is 1. The summed E-state index contributed by atoms with van der Waals surface area (Å²) in [5, 5.41) is 0. The first-order valence-electron chi connectivity index (χ1n) is 6.48. The van der Waals surface area contributed by atoms with Crippen LogP contribution in [0.25, 0.3) is 0 Å². The molecule has 0 radical (unpaired) electrons. The van der Waals surface area contributed by atoms with Crippen LogP contribution in [0.1, 0.15) is 31.7 Å². The number of rotatable bonds is 6. The summed E-state index contributed by atoms with van der Waals surface area (Å²) in [5.41, 5.74) is 7.35. The molecule has 0 unspecified atom stereocenters. The van der Waals surface area contributed by atoms with E-state index < -0.39 is 0 Å². The number of para-hydroxylation sites is 1. The summed E-state index contributed by atoms with van der Waals surface area (Å²) < 4.78 is 14.0. The highest BCUT2D eigenvalue weighted by Gasteiger charge is 2.26. The predicted molar refractivity (Wildman–Crippen MR) is 69.5 cm³/mol. The maximum Gasteiger partial charge on any atom is 0.146 e. The Morgan fingerprint density at radius 1 is 1.41 bits per heavy atom. The largest absolute Gasteiger partial charge is 0.369 e. The zero-order valence-electron chi connectivity index (χ0n) is 10.5. The number of anilines is 1. The zero-order chi connectivity index (χ0) is 12.3. The van der Waals surface area contributed by atoms with E-state index in [9.17, 15) is 4.39 Å². The fourth-order valence-electron chi connectivity index (χ4n) is 2.26. The van der Waals surface area contributed by atoms with Crippen LogP contribution >= 0.6 is 0 Å². The molecule has 0 amide bonds. The van der Waals surface area contributed by atoms with E-state index in [2.05, 4.69) is 11.8 Å². The Morgan fingerprint density at radius 2 is 2.18 bits per heavy atom. The first-order valence-corrected chi connectivity index (χ1v) is 6.48. The van der Waals surface area contributed by atoms with Crippen molar-refractivity contribution in [2.24, 2.45) is 11.7 Å². The lowest BCUT2D eigenvalue weighted by Gasteiger charge is -2.27. The van der Waals surface area contributed by atoms with Gasteiger partial charge in [0.05, 0.1) is 5.69 Å². The quantitative estimate of drug-likeness (QED) is 0.823. The molecule has 0 atom stereocenters. The molecule has 94 valence electrons. The van der Waals surface area contributed by atoms with Gasteiger partial charge in [-0.3, -0.25) is 0 Å². The van der Waals surface area contributed by atoms with Crippen LogP contribution in [0, 0.1) is 11.7 Å². The third-order valence-corrected chi connectivity index (χ3v) is 3.28. The molecule has 1 aromatic rings. The SMILES string of the molecule is CCCN(CC1CC1)c1c(F)cccc1CN. The van der Waals surface area contributed by atoms with E-state index >= 15 is 0 Å². The predicted octanol–water partition coefficient (Wildman–Crippen LogP) is 2.91. The Kier molecular flexibility index (Phi) is 4.00. The Balaban J connectivity index is 2.25. The lowest BCUT2D eigenvalue weighted by atomic mass is 10.1. The van der Waals surface area contributed by atoms with Crippen LogP contribution in [-0.2, 0) is 6.54 Å². The standard InChI is InChI=1S/C14H21FN2/c1-2-8-17(10-11-6-7-11)14-12(9-16)4-3-5-13(14)15/h3-5,11H,2,6-10,16H2,1H3. The van der Waals surface area contributed by atoms with Crippen molar-refractivity contribution in [2.45, 2.75) is 32.7 Å². The summed E-state index contributed by atoms with van der Waals surface area (Å²) >= 11 is 0. The second kappa shape index (κ2) is 5.50. The number of hydrogen-bond donors (Lipinski definition) is 1. The van der Waals surface area contributed by atoms with Gasteiger partial charge >= 0.3 is 0 Å². The maximum atomic E-state index is 14.0. The van der Waals surface area contributed by atoms with Crippen molar-refractivity contribution >= 4 is 5.69 Å². The number of benzene rings is 1. The van der Waals surface area contributed by atoms with Crippen LogP contribution in [0.2, 0.25) is 0 Å². The number of nitrogens with zero attached hydrogens (tertiary/aromatic N) is 1. The second-order valence-corrected chi connectivity index (χ2v) is 4.84. The molecule has 2 N–H and O–H groups in total. The van der Waals surface area contributed by atoms with Crippen LogP contribution in [-0.4, -0.2) is 13.1 Å². The Bertz CT molecular complexity index is 374. The molecule has 17 heavy (non-hydrogen) atoms. The Hall–Kier alpha value is -1.09. The summed E-state index contributed by atoms with van der Waals surface area (Å²) in [4.78, 5) is 2.18. The van der Waals surface area contributed by atoms with Crippen molar-refractivity contribution in [2.75, 3.05) is 18.0 Å². The van der Waals surface area contributed by atoms with E-state index in [0.29, 0.717) is 6.54 Å². The van der Waals surface area contributed by atoms with Crippen LogP contribution in [0.4, 0.5) is 10.1 Å². The maximum absolute atomic E-state index is 14.0. The summed E-state index contributed by atoms with van der Waals surface area (Å²) in [6, 6.07) is 5.19. The van der Waals surface area contributed by atoms with Gasteiger partial charge in [-0.15, -0.1) is 0 Å². The van der Waals surface area contributed by atoms with Gasteiger partial charge < -0.3 is 10.6 Å². The second-order valence-electron chi connectivity index (χ2n) is 4.84. The molecule has 1 aliphatic carbocycles. The van der Waals surface area contributed by atoms with Gasteiger partial charge in [0, 0.05) is 19.6 Å². The molecule has 0 spiro atoms. The van der Waals surface area contributed by atoms with E-state index in [-0.39, 0.29) is 5.82 Å². The van der Waals surface area contributed by atoms with Crippen LogP contribution in [0.15, 0.2) is 18.2 Å². The van der Waals surface area contributed by atoms with Crippen molar-refractivity contribution in [3.05, 3.63) is 29.6 Å². The highest BCUT2D eigenvalue weighted by molar-refractivity contribution is 5.55. The first kappa shape index (κ1) is 12.4. The third kappa shape index (κ3) is 2.97. The van der Waals surface area contributed by atoms with Gasteiger partial charge in [-0.1, -0.05) is 19.1 Å². The molecule has 0 aromatic heterocycles. The first-order chi connectivity index (χ1) is 8.26. The molecule has 0 heterocycles. The average molecular weight is 236 g/mol. The van der Waals surface area contributed by atoms with Crippen LogP contribution < -0.4 is 10.6 Å². The smallest absolute Gasteiger partial charge is 0.146 e. The Labute approximate surface area is 103 Å². The van der Waals surface area contributed by atoms with Crippen molar-refractivity contribution in [1.29, 1.82) is 0 Å². The van der Waals surface area contributed by atoms with Crippen molar-refractivity contribution in [1.82, 2.24) is 0 Å². The lowest BCUT2D eigenvalue weighted by molar-refractivity contribution is 0.605. The van der Waals surface area contributed by atoms with Crippen LogP contribution in [0.3, 0.4) is 0 Å². The number of nitrogens with two attached hydrogens (primary N) is 1.